The fourth-order valence-corrected chi connectivity index (χ4v) is 1.79. The van der Waals surface area contributed by atoms with Crippen LogP contribution in [0.3, 0.4) is 0 Å². The van der Waals surface area contributed by atoms with Crippen molar-refractivity contribution in [2.75, 3.05) is 13.1 Å². The Bertz CT molecular complexity index is 354. The third-order valence-corrected chi connectivity index (χ3v) is 2.83. The first-order valence-corrected chi connectivity index (χ1v) is 5.53. The van der Waals surface area contributed by atoms with Crippen LogP contribution in [0.25, 0.3) is 0 Å². The Morgan fingerprint density at radius 2 is 1.88 bits per heavy atom. The lowest BCUT2D eigenvalue weighted by Crippen LogP contribution is -2.29. The van der Waals surface area contributed by atoms with Gasteiger partial charge in [0.15, 0.2) is 0 Å². The summed E-state index contributed by atoms with van der Waals surface area (Å²) in [6.07, 6.45) is 0. The van der Waals surface area contributed by atoms with E-state index in [0.717, 1.165) is 6.54 Å². The van der Waals surface area contributed by atoms with Gasteiger partial charge in [0.05, 0.1) is 6.54 Å². The molecule has 0 atom stereocenters. The van der Waals surface area contributed by atoms with Crippen LogP contribution in [0.15, 0.2) is 18.2 Å². The molecule has 0 aliphatic heterocycles. The number of aliphatic carboxylic acids is 1. The van der Waals surface area contributed by atoms with Crippen LogP contribution < -0.4 is 0 Å². The quantitative estimate of drug-likeness (QED) is 0.828. The molecular formula is C13H19NO2. The van der Waals surface area contributed by atoms with E-state index >= 15 is 0 Å². The molecule has 0 spiro atoms. The molecule has 16 heavy (non-hydrogen) atoms. The summed E-state index contributed by atoms with van der Waals surface area (Å²) >= 11 is 0. The Balaban J connectivity index is 2.81. The molecule has 88 valence electrons. The molecule has 0 aliphatic carbocycles. The summed E-state index contributed by atoms with van der Waals surface area (Å²) in [5.41, 5.74) is 3.69. The summed E-state index contributed by atoms with van der Waals surface area (Å²) in [5, 5.41) is 8.79. The second-order valence-corrected chi connectivity index (χ2v) is 4.07. The third kappa shape index (κ3) is 3.35. The molecule has 0 bridgehead atoms. The van der Waals surface area contributed by atoms with E-state index in [9.17, 15) is 4.79 Å². The van der Waals surface area contributed by atoms with Crippen molar-refractivity contribution >= 4 is 5.97 Å². The first-order chi connectivity index (χ1) is 7.54. The Labute approximate surface area is 96.7 Å². The van der Waals surface area contributed by atoms with Crippen molar-refractivity contribution in [3.63, 3.8) is 0 Å². The lowest BCUT2D eigenvalue weighted by atomic mass is 10.0. The number of hydrogen-bond acceptors (Lipinski definition) is 2. The van der Waals surface area contributed by atoms with Crippen molar-refractivity contribution in [3.05, 3.63) is 34.9 Å². The van der Waals surface area contributed by atoms with Crippen molar-refractivity contribution < 1.29 is 9.90 Å². The van der Waals surface area contributed by atoms with Gasteiger partial charge < -0.3 is 5.11 Å². The normalized spacial score (nSPS) is 10.8. The van der Waals surface area contributed by atoms with Crippen LogP contribution >= 0.6 is 0 Å². The van der Waals surface area contributed by atoms with Gasteiger partial charge in [-0.3, -0.25) is 9.69 Å². The largest absolute Gasteiger partial charge is 0.480 e. The minimum atomic E-state index is -0.770. The predicted octanol–water partition coefficient (Wildman–Crippen LogP) is 2.21. The number of likely N-dealkylation sites (N-methyl/N-ethyl adjacent to an activating group) is 1. The number of carboxylic acids is 1. The van der Waals surface area contributed by atoms with E-state index in [1.807, 2.05) is 17.9 Å². The van der Waals surface area contributed by atoms with Crippen LogP contribution in [-0.4, -0.2) is 29.1 Å². The zero-order chi connectivity index (χ0) is 12.1. The van der Waals surface area contributed by atoms with Gasteiger partial charge in [-0.15, -0.1) is 0 Å². The van der Waals surface area contributed by atoms with Crippen LogP contribution in [0.2, 0.25) is 0 Å². The van der Waals surface area contributed by atoms with Gasteiger partial charge in [-0.25, -0.2) is 0 Å². The summed E-state index contributed by atoms with van der Waals surface area (Å²) < 4.78 is 0. The standard InChI is InChI=1S/C13H19NO2/c1-4-14(9-13(15)16)8-12-10(2)6-5-7-11(12)3/h5-7H,4,8-9H2,1-3H3,(H,15,16). The van der Waals surface area contributed by atoms with Crippen LogP contribution in [-0.2, 0) is 11.3 Å². The lowest BCUT2D eigenvalue weighted by molar-refractivity contribution is -0.138. The summed E-state index contributed by atoms with van der Waals surface area (Å²) in [6.45, 7) is 7.68. The summed E-state index contributed by atoms with van der Waals surface area (Å²) in [5.74, 6) is -0.770. The van der Waals surface area contributed by atoms with Gasteiger partial charge in [0.2, 0.25) is 0 Å². The molecule has 3 nitrogen and oxygen atoms in total. The monoisotopic (exact) mass is 221 g/mol. The highest BCUT2D eigenvalue weighted by atomic mass is 16.4. The third-order valence-electron chi connectivity index (χ3n) is 2.83. The van der Waals surface area contributed by atoms with E-state index in [0.29, 0.717) is 6.54 Å². The van der Waals surface area contributed by atoms with Crippen molar-refractivity contribution in [3.8, 4) is 0 Å². The van der Waals surface area contributed by atoms with Gasteiger partial charge in [-0.2, -0.15) is 0 Å². The van der Waals surface area contributed by atoms with E-state index in [2.05, 4.69) is 26.0 Å². The molecule has 1 rings (SSSR count). The maximum Gasteiger partial charge on any atom is 0.317 e. The SMILES string of the molecule is CCN(CC(=O)O)Cc1c(C)cccc1C. The molecule has 0 saturated heterocycles. The fraction of sp³-hybridized carbons (Fsp3) is 0.462. The van der Waals surface area contributed by atoms with Gasteiger partial charge >= 0.3 is 5.97 Å². The topological polar surface area (TPSA) is 40.5 Å². The number of rotatable bonds is 5. The van der Waals surface area contributed by atoms with Crippen LogP contribution in [0.4, 0.5) is 0 Å². The summed E-state index contributed by atoms with van der Waals surface area (Å²) in [4.78, 5) is 12.6. The van der Waals surface area contributed by atoms with Gasteiger partial charge in [0.25, 0.3) is 0 Å². The van der Waals surface area contributed by atoms with Crippen molar-refractivity contribution in [2.45, 2.75) is 27.3 Å². The number of nitrogens with zero attached hydrogens (tertiary/aromatic N) is 1. The number of carboxylic acid groups (broad SMARTS) is 1. The van der Waals surface area contributed by atoms with Crippen LogP contribution in [0, 0.1) is 13.8 Å². The molecule has 1 aromatic carbocycles. The summed E-state index contributed by atoms with van der Waals surface area (Å²) in [6, 6.07) is 6.16. The van der Waals surface area contributed by atoms with E-state index in [-0.39, 0.29) is 6.54 Å². The average Bonchev–Trinajstić information content (AvgIpc) is 2.21. The molecule has 0 fully saturated rings. The van der Waals surface area contributed by atoms with E-state index in [4.69, 9.17) is 5.11 Å². The minimum absolute atomic E-state index is 0.101. The molecule has 1 aromatic rings. The highest BCUT2D eigenvalue weighted by Crippen LogP contribution is 2.15. The molecule has 0 saturated carbocycles. The van der Waals surface area contributed by atoms with Crippen molar-refractivity contribution in [2.24, 2.45) is 0 Å². The number of aryl methyl sites for hydroxylation is 2. The average molecular weight is 221 g/mol. The number of benzene rings is 1. The molecule has 0 unspecified atom stereocenters. The Morgan fingerprint density at radius 3 is 2.31 bits per heavy atom. The molecule has 0 aromatic heterocycles. The molecule has 0 radical (unpaired) electrons. The fourth-order valence-electron chi connectivity index (χ4n) is 1.79. The highest BCUT2D eigenvalue weighted by molar-refractivity contribution is 5.69. The zero-order valence-corrected chi connectivity index (χ0v) is 10.2. The number of carbonyl (C=O) groups is 1. The first kappa shape index (κ1) is 12.7. The Hall–Kier alpha value is -1.35. The Morgan fingerprint density at radius 1 is 1.31 bits per heavy atom. The number of hydrogen-bond donors (Lipinski definition) is 1. The van der Waals surface area contributed by atoms with Crippen molar-refractivity contribution in [1.82, 2.24) is 4.90 Å². The van der Waals surface area contributed by atoms with E-state index in [1.165, 1.54) is 16.7 Å². The molecule has 3 heteroatoms. The van der Waals surface area contributed by atoms with Crippen molar-refractivity contribution in [1.29, 1.82) is 0 Å². The second-order valence-electron chi connectivity index (χ2n) is 4.07. The maximum absolute atomic E-state index is 10.7. The lowest BCUT2D eigenvalue weighted by Gasteiger charge is -2.20. The van der Waals surface area contributed by atoms with E-state index in [1.54, 1.807) is 0 Å². The Kier molecular flexibility index (Phi) is 4.50. The first-order valence-electron chi connectivity index (χ1n) is 5.53. The molecule has 1 N–H and O–H groups in total. The van der Waals surface area contributed by atoms with E-state index < -0.39 is 5.97 Å². The molecule has 0 amide bonds. The minimum Gasteiger partial charge on any atom is -0.480 e. The molecular weight excluding hydrogens is 202 g/mol. The zero-order valence-electron chi connectivity index (χ0n) is 10.2. The maximum atomic E-state index is 10.7. The molecule has 0 aliphatic rings. The van der Waals surface area contributed by atoms with Gasteiger partial charge in [0.1, 0.15) is 0 Å². The predicted molar refractivity (Wildman–Crippen MR) is 64.5 cm³/mol. The smallest absolute Gasteiger partial charge is 0.317 e. The van der Waals surface area contributed by atoms with Crippen LogP contribution in [0.5, 0.6) is 0 Å². The second kappa shape index (κ2) is 5.66. The van der Waals surface area contributed by atoms with Gasteiger partial charge in [-0.1, -0.05) is 25.1 Å². The van der Waals surface area contributed by atoms with Gasteiger partial charge in [0, 0.05) is 6.54 Å². The summed E-state index contributed by atoms with van der Waals surface area (Å²) in [7, 11) is 0. The molecule has 0 heterocycles. The van der Waals surface area contributed by atoms with Crippen LogP contribution in [0.1, 0.15) is 23.6 Å². The highest BCUT2D eigenvalue weighted by Gasteiger charge is 2.10. The van der Waals surface area contributed by atoms with Gasteiger partial charge in [-0.05, 0) is 37.1 Å².